The molecule has 0 spiro atoms. The number of allylic oxidation sites excluding steroid dienone is 3. The van der Waals surface area contributed by atoms with Crippen molar-refractivity contribution in [1.82, 2.24) is 4.98 Å². The van der Waals surface area contributed by atoms with Crippen molar-refractivity contribution in [3.63, 3.8) is 0 Å². The van der Waals surface area contributed by atoms with Crippen LogP contribution in [0.5, 0.6) is 0 Å². The van der Waals surface area contributed by atoms with Crippen molar-refractivity contribution >= 4 is 17.3 Å². The second-order valence-corrected chi connectivity index (χ2v) is 4.60. The van der Waals surface area contributed by atoms with Crippen LogP contribution >= 0.6 is 11.8 Å². The van der Waals surface area contributed by atoms with Gasteiger partial charge in [-0.05, 0) is 42.9 Å². The second kappa shape index (κ2) is 7.17. The Balaban J connectivity index is 2.97. The van der Waals surface area contributed by atoms with Crippen LogP contribution in [0.1, 0.15) is 32.4 Å². The van der Waals surface area contributed by atoms with Crippen LogP contribution in [0.2, 0.25) is 0 Å². The van der Waals surface area contributed by atoms with Gasteiger partial charge in [0, 0.05) is 16.8 Å². The molecule has 0 bridgehead atoms. The summed E-state index contributed by atoms with van der Waals surface area (Å²) in [6.07, 6.45) is 9.89. The van der Waals surface area contributed by atoms with Gasteiger partial charge in [0.1, 0.15) is 0 Å². The minimum absolute atomic E-state index is 0.820. The highest BCUT2D eigenvalue weighted by atomic mass is 32.2. The molecule has 1 aromatic rings. The van der Waals surface area contributed by atoms with Gasteiger partial charge in [0.2, 0.25) is 0 Å². The molecule has 0 fully saturated rings. The zero-order valence-electron chi connectivity index (χ0n) is 10.7. The molecule has 17 heavy (non-hydrogen) atoms. The molecular weight excluding hydrogens is 228 g/mol. The summed E-state index contributed by atoms with van der Waals surface area (Å²) in [5, 5.41) is 0. The molecule has 92 valence electrons. The van der Waals surface area contributed by atoms with Crippen molar-refractivity contribution in [2.24, 2.45) is 5.73 Å². The first kappa shape index (κ1) is 13.8. The standard InChI is InChI=1S/C14H20N2S/c1-4-6-12(15)9-11(5-2)14-8-7-13(17-3)10-16-14/h6-10H,4-5,15H2,1-3H3/b11-9+,12-6+. The quantitative estimate of drug-likeness (QED) is 0.635. The molecule has 0 saturated heterocycles. The lowest BCUT2D eigenvalue weighted by atomic mass is 10.1. The summed E-state index contributed by atoms with van der Waals surface area (Å²) in [5.74, 6) is 0. The lowest BCUT2D eigenvalue weighted by Gasteiger charge is -2.05. The number of rotatable bonds is 5. The van der Waals surface area contributed by atoms with E-state index in [4.69, 9.17) is 5.73 Å². The van der Waals surface area contributed by atoms with E-state index in [0.717, 1.165) is 24.2 Å². The molecule has 1 rings (SSSR count). The van der Waals surface area contributed by atoms with E-state index in [1.54, 1.807) is 11.8 Å². The maximum Gasteiger partial charge on any atom is 0.0663 e. The molecule has 3 heteroatoms. The van der Waals surface area contributed by atoms with Gasteiger partial charge in [-0.1, -0.05) is 19.9 Å². The molecule has 1 heterocycles. The van der Waals surface area contributed by atoms with Crippen LogP contribution in [0.15, 0.2) is 41.1 Å². The van der Waals surface area contributed by atoms with Crippen molar-refractivity contribution < 1.29 is 0 Å². The highest BCUT2D eigenvalue weighted by molar-refractivity contribution is 7.98. The Bertz CT molecular complexity index is 405. The Kier molecular flexibility index (Phi) is 5.84. The Labute approximate surface area is 108 Å². The average molecular weight is 248 g/mol. The van der Waals surface area contributed by atoms with E-state index in [-0.39, 0.29) is 0 Å². The van der Waals surface area contributed by atoms with Crippen LogP contribution in [-0.4, -0.2) is 11.2 Å². The summed E-state index contributed by atoms with van der Waals surface area (Å²) < 4.78 is 0. The zero-order chi connectivity index (χ0) is 12.7. The monoisotopic (exact) mass is 248 g/mol. The third-order valence-electron chi connectivity index (χ3n) is 2.46. The molecule has 0 aromatic carbocycles. The van der Waals surface area contributed by atoms with Crippen molar-refractivity contribution in [2.75, 3.05) is 6.26 Å². The Morgan fingerprint density at radius 2 is 2.18 bits per heavy atom. The summed E-state index contributed by atoms with van der Waals surface area (Å²) in [5.41, 5.74) is 8.92. The van der Waals surface area contributed by atoms with Gasteiger partial charge >= 0.3 is 0 Å². The van der Waals surface area contributed by atoms with Crippen molar-refractivity contribution in [2.45, 2.75) is 31.6 Å². The van der Waals surface area contributed by atoms with Gasteiger partial charge in [-0.2, -0.15) is 0 Å². The van der Waals surface area contributed by atoms with E-state index in [9.17, 15) is 0 Å². The molecule has 2 N–H and O–H groups in total. The summed E-state index contributed by atoms with van der Waals surface area (Å²) in [6.45, 7) is 4.20. The summed E-state index contributed by atoms with van der Waals surface area (Å²) in [7, 11) is 0. The maximum atomic E-state index is 5.91. The molecule has 0 radical (unpaired) electrons. The summed E-state index contributed by atoms with van der Waals surface area (Å²) >= 11 is 1.70. The van der Waals surface area contributed by atoms with E-state index in [1.807, 2.05) is 18.3 Å². The molecule has 0 aliphatic rings. The van der Waals surface area contributed by atoms with Crippen LogP contribution in [0.25, 0.3) is 5.57 Å². The fourth-order valence-corrected chi connectivity index (χ4v) is 1.91. The molecule has 0 amide bonds. The van der Waals surface area contributed by atoms with E-state index in [2.05, 4.69) is 37.2 Å². The predicted octanol–water partition coefficient (Wildman–Crippen LogP) is 3.85. The van der Waals surface area contributed by atoms with Crippen molar-refractivity contribution in [3.05, 3.63) is 41.9 Å². The van der Waals surface area contributed by atoms with Crippen LogP contribution in [0.4, 0.5) is 0 Å². The van der Waals surface area contributed by atoms with Crippen LogP contribution in [-0.2, 0) is 0 Å². The highest BCUT2D eigenvalue weighted by Crippen LogP contribution is 2.20. The number of nitrogens with two attached hydrogens (primary N) is 1. The smallest absolute Gasteiger partial charge is 0.0663 e. The minimum Gasteiger partial charge on any atom is -0.399 e. The van der Waals surface area contributed by atoms with Gasteiger partial charge in [0.15, 0.2) is 0 Å². The van der Waals surface area contributed by atoms with Gasteiger partial charge in [-0.3, -0.25) is 4.98 Å². The van der Waals surface area contributed by atoms with E-state index in [0.29, 0.717) is 0 Å². The summed E-state index contributed by atoms with van der Waals surface area (Å²) in [4.78, 5) is 5.64. The SMILES string of the molecule is CC/C=C(N)\C=C(/CC)c1ccc(SC)cn1. The Hall–Kier alpha value is -1.22. The largest absolute Gasteiger partial charge is 0.399 e. The minimum atomic E-state index is 0.820. The first-order valence-electron chi connectivity index (χ1n) is 5.87. The van der Waals surface area contributed by atoms with Crippen LogP contribution in [0, 0.1) is 0 Å². The maximum absolute atomic E-state index is 5.91. The van der Waals surface area contributed by atoms with Crippen molar-refractivity contribution in [1.29, 1.82) is 0 Å². The number of pyridine rings is 1. The van der Waals surface area contributed by atoms with Gasteiger partial charge in [0.05, 0.1) is 5.69 Å². The molecular formula is C14H20N2S. The second-order valence-electron chi connectivity index (χ2n) is 3.72. The van der Waals surface area contributed by atoms with Crippen LogP contribution < -0.4 is 5.73 Å². The highest BCUT2D eigenvalue weighted by Gasteiger charge is 2.01. The number of thioether (sulfide) groups is 1. The zero-order valence-corrected chi connectivity index (χ0v) is 11.6. The fourth-order valence-electron chi connectivity index (χ4n) is 1.54. The van der Waals surface area contributed by atoms with Crippen molar-refractivity contribution in [3.8, 4) is 0 Å². The molecule has 0 atom stereocenters. The molecule has 1 aromatic heterocycles. The third-order valence-corrected chi connectivity index (χ3v) is 3.18. The Morgan fingerprint density at radius 3 is 2.65 bits per heavy atom. The first-order chi connectivity index (χ1) is 8.21. The topological polar surface area (TPSA) is 38.9 Å². The van der Waals surface area contributed by atoms with Gasteiger partial charge in [-0.25, -0.2) is 0 Å². The first-order valence-corrected chi connectivity index (χ1v) is 7.10. The molecule has 0 saturated carbocycles. The molecule has 0 aliphatic carbocycles. The van der Waals surface area contributed by atoms with E-state index < -0.39 is 0 Å². The number of hydrogen-bond donors (Lipinski definition) is 1. The van der Waals surface area contributed by atoms with Gasteiger partial charge in [0.25, 0.3) is 0 Å². The molecule has 0 aliphatic heterocycles. The number of nitrogens with zero attached hydrogens (tertiary/aromatic N) is 1. The lowest BCUT2D eigenvalue weighted by molar-refractivity contribution is 1.13. The molecule has 0 unspecified atom stereocenters. The summed E-state index contributed by atoms with van der Waals surface area (Å²) in [6, 6.07) is 4.15. The normalized spacial score (nSPS) is 12.9. The lowest BCUT2D eigenvalue weighted by Crippen LogP contribution is -1.96. The number of aromatic nitrogens is 1. The van der Waals surface area contributed by atoms with Gasteiger partial charge < -0.3 is 5.73 Å². The van der Waals surface area contributed by atoms with Gasteiger partial charge in [-0.15, -0.1) is 11.8 Å². The van der Waals surface area contributed by atoms with E-state index >= 15 is 0 Å². The average Bonchev–Trinajstić information content (AvgIpc) is 2.36. The van der Waals surface area contributed by atoms with E-state index in [1.165, 1.54) is 10.5 Å². The predicted molar refractivity (Wildman–Crippen MR) is 76.8 cm³/mol. The molecule has 2 nitrogen and oxygen atoms in total. The third kappa shape index (κ3) is 4.27. The fraction of sp³-hybridized carbons (Fsp3) is 0.357. The number of hydrogen-bond acceptors (Lipinski definition) is 3. The van der Waals surface area contributed by atoms with Crippen LogP contribution in [0.3, 0.4) is 0 Å². The Morgan fingerprint density at radius 1 is 1.41 bits per heavy atom.